The van der Waals surface area contributed by atoms with Gasteiger partial charge in [0.25, 0.3) is 20.2 Å². The number of nitrogens with zero attached hydrogens (tertiary/aromatic N) is 1. The van der Waals surface area contributed by atoms with Gasteiger partial charge in [-0.25, -0.2) is 19.4 Å². The van der Waals surface area contributed by atoms with Crippen molar-refractivity contribution in [3.05, 3.63) is 153 Å². The van der Waals surface area contributed by atoms with Crippen molar-refractivity contribution >= 4 is 89.0 Å². The summed E-state index contributed by atoms with van der Waals surface area (Å²) >= 11 is 0. The summed E-state index contributed by atoms with van der Waals surface area (Å²) in [7, 11) is -9.72. The molecule has 0 saturated heterocycles. The molecule has 21 heteroatoms. The van der Waals surface area contributed by atoms with Crippen LogP contribution in [0, 0.1) is 41.5 Å². The predicted octanol–water partition coefficient (Wildman–Crippen LogP) is 10.9. The van der Waals surface area contributed by atoms with Crippen molar-refractivity contribution < 1.29 is 60.1 Å². The molecule has 0 saturated carbocycles. The van der Waals surface area contributed by atoms with Crippen LogP contribution in [-0.2, 0) is 20.2 Å². The number of carbonyl (C=O) groups excluding carboxylic acids is 2. The minimum absolute atomic E-state index is 0.0134. The van der Waals surface area contributed by atoms with Gasteiger partial charge < -0.3 is 46.3 Å². The van der Waals surface area contributed by atoms with E-state index in [1.54, 1.807) is 61.5 Å². The molecule has 1 aliphatic carbocycles. The fourth-order valence-electron chi connectivity index (χ4n) is 8.87. The lowest BCUT2D eigenvalue weighted by molar-refractivity contribution is 0.0693. The number of phenolic OH excluding ortho intramolecular Hbond substituents is 1. The molecular weight excluding hydrogens is 981 g/mol. The van der Waals surface area contributed by atoms with Gasteiger partial charge in [0, 0.05) is 57.0 Å². The SMILES string of the molecule is Cc1cc(C)c(Nc2ccc3c(-c4ccccc4S(=O)(=O)O)c4ccc(=Nc5c(C)c(NC(=O)Nc6ccc(O)c(C(=O)O)c6)c(C)c(S(=O)(=O)O)c5C)cc-4oc3c2)c(C)c1NC(=O)Nc1ccc(O)cc1. The fraction of sp³-hybridized carbons (Fsp3) is 0.115. The zero-order chi connectivity index (χ0) is 52.8. The third-order valence-electron chi connectivity index (χ3n) is 12.1. The van der Waals surface area contributed by atoms with Gasteiger partial charge in [0.2, 0.25) is 0 Å². The maximum absolute atomic E-state index is 13.4. The monoisotopic (exact) mass is 1030 g/mol. The molecule has 19 nitrogen and oxygen atoms in total. The van der Waals surface area contributed by atoms with Gasteiger partial charge in [-0.05, 0) is 148 Å². The number of urea groups is 2. The highest BCUT2D eigenvalue weighted by Gasteiger charge is 2.27. The van der Waals surface area contributed by atoms with E-state index in [2.05, 4.69) is 26.6 Å². The van der Waals surface area contributed by atoms with Crippen LogP contribution in [-0.4, -0.2) is 59.3 Å². The lowest BCUT2D eigenvalue weighted by Gasteiger charge is -2.21. The minimum atomic E-state index is -4.95. The molecule has 73 heavy (non-hydrogen) atoms. The average Bonchev–Trinajstić information content (AvgIpc) is 3.31. The first-order valence-corrected chi connectivity index (χ1v) is 24.9. The number of hydrogen-bond donors (Lipinski definition) is 10. The van der Waals surface area contributed by atoms with Gasteiger partial charge in [0.05, 0.1) is 22.4 Å². The summed E-state index contributed by atoms with van der Waals surface area (Å²) in [6, 6.07) is 25.6. The van der Waals surface area contributed by atoms with Crippen molar-refractivity contribution in [1.29, 1.82) is 0 Å². The van der Waals surface area contributed by atoms with E-state index < -0.39 is 54.5 Å². The number of carboxylic acids is 1. The Morgan fingerprint density at radius 2 is 1.21 bits per heavy atom. The number of rotatable bonds is 11. The summed E-state index contributed by atoms with van der Waals surface area (Å²) < 4.78 is 79.1. The molecule has 0 unspecified atom stereocenters. The zero-order valence-electron chi connectivity index (χ0n) is 39.7. The van der Waals surface area contributed by atoms with Gasteiger partial charge in [0.15, 0.2) is 0 Å². The van der Waals surface area contributed by atoms with E-state index in [4.69, 9.17) is 9.41 Å². The van der Waals surface area contributed by atoms with Crippen molar-refractivity contribution in [2.75, 3.05) is 26.6 Å². The Hall–Kier alpha value is -8.76. The summed E-state index contributed by atoms with van der Waals surface area (Å²) in [6.45, 7) is 9.96. The highest BCUT2D eigenvalue weighted by molar-refractivity contribution is 7.86. The second-order valence-electron chi connectivity index (χ2n) is 17.1. The molecule has 0 spiro atoms. The molecule has 2 aliphatic rings. The van der Waals surface area contributed by atoms with Crippen LogP contribution >= 0.6 is 0 Å². The summed E-state index contributed by atoms with van der Waals surface area (Å²) in [5, 5.41) is 43.8. The second kappa shape index (κ2) is 19.4. The van der Waals surface area contributed by atoms with Crippen molar-refractivity contribution in [3.8, 4) is 33.9 Å². The maximum atomic E-state index is 13.4. The number of carboxylic acid groups (broad SMARTS) is 1. The van der Waals surface area contributed by atoms with Crippen LogP contribution in [0.1, 0.15) is 43.7 Å². The molecule has 1 heterocycles. The van der Waals surface area contributed by atoms with Gasteiger partial charge in [-0.2, -0.15) is 16.8 Å². The number of amides is 4. The second-order valence-corrected chi connectivity index (χ2v) is 19.9. The molecule has 0 aromatic heterocycles. The first-order chi connectivity index (χ1) is 34.4. The van der Waals surface area contributed by atoms with Crippen molar-refractivity contribution in [2.45, 2.75) is 51.3 Å². The molecule has 6 aromatic rings. The lowest BCUT2D eigenvalue weighted by Crippen LogP contribution is -2.22. The van der Waals surface area contributed by atoms with Crippen LogP contribution < -0.4 is 31.9 Å². The zero-order valence-corrected chi connectivity index (χ0v) is 41.3. The van der Waals surface area contributed by atoms with E-state index in [1.807, 2.05) is 26.8 Å². The highest BCUT2D eigenvalue weighted by Crippen LogP contribution is 2.44. The number of aromatic hydroxyl groups is 2. The standard InChI is InChI=1S/C52H46N6O13S2/c1-25-21-26(2)46(57-51(63)55-31-11-16-35(59)17-12-31)27(3)45(25)53-33-13-18-36-41(23-33)71-42-24-34(14-19-37(42)44(36)38-9-7-8-10-43(38)72(65,66)67)54-47-28(4)48(30(6)49(29(47)5)73(68,69)70)58-52(64)56-32-15-20-40(60)39(22-32)50(61)62/h7-24,53,59-60H,1-6H3,(H,61,62)(H2,55,57,63)(H2,56,58,64)(H,65,66,67)(H,68,69,70). The number of fused-ring (bicyclic) bond motifs is 2. The van der Waals surface area contributed by atoms with Gasteiger partial charge in [-0.15, -0.1) is 0 Å². The first kappa shape index (κ1) is 50.6. The van der Waals surface area contributed by atoms with Gasteiger partial charge >= 0.3 is 18.0 Å². The molecule has 374 valence electrons. The predicted molar refractivity (Wildman–Crippen MR) is 276 cm³/mol. The Bertz CT molecular complexity index is 3890. The molecule has 4 amide bonds. The molecule has 0 radical (unpaired) electrons. The normalized spacial score (nSPS) is 11.9. The highest BCUT2D eigenvalue weighted by atomic mass is 32.2. The van der Waals surface area contributed by atoms with Crippen LogP contribution in [0.2, 0.25) is 0 Å². The molecule has 6 aromatic carbocycles. The summed E-state index contributed by atoms with van der Waals surface area (Å²) in [4.78, 5) is 42.0. The molecule has 0 bridgehead atoms. The number of nitrogens with one attached hydrogen (secondary N) is 5. The number of aryl methyl sites for hydroxylation is 2. The third-order valence-corrected chi connectivity index (χ3v) is 14.1. The van der Waals surface area contributed by atoms with Crippen molar-refractivity contribution in [3.63, 3.8) is 0 Å². The summed E-state index contributed by atoms with van der Waals surface area (Å²) in [5.74, 6) is -1.76. The van der Waals surface area contributed by atoms with Crippen LogP contribution in [0.15, 0.2) is 128 Å². The molecule has 8 rings (SSSR count). The summed E-state index contributed by atoms with van der Waals surface area (Å²) in [6.07, 6.45) is 0. The Kier molecular flexibility index (Phi) is 13.5. The molecule has 1 aliphatic heterocycles. The Labute approximate surface area is 417 Å². The van der Waals surface area contributed by atoms with E-state index in [9.17, 15) is 55.6 Å². The minimum Gasteiger partial charge on any atom is -0.508 e. The van der Waals surface area contributed by atoms with Crippen LogP contribution in [0.5, 0.6) is 11.5 Å². The fourth-order valence-corrected chi connectivity index (χ4v) is 10.5. The van der Waals surface area contributed by atoms with Gasteiger partial charge in [-0.3, -0.25) is 9.11 Å². The van der Waals surface area contributed by atoms with E-state index in [0.717, 1.165) is 23.3 Å². The van der Waals surface area contributed by atoms with Crippen LogP contribution in [0.25, 0.3) is 33.4 Å². The van der Waals surface area contributed by atoms with E-state index in [1.165, 1.54) is 50.2 Å². The van der Waals surface area contributed by atoms with Gasteiger partial charge in [-0.1, -0.05) is 24.3 Å². The molecule has 0 fully saturated rings. The Balaban J connectivity index is 1.25. The number of anilines is 6. The smallest absolute Gasteiger partial charge is 0.339 e. The topological polar surface area (TPSA) is 306 Å². The number of phenols is 2. The van der Waals surface area contributed by atoms with E-state index >= 15 is 0 Å². The lowest BCUT2D eigenvalue weighted by atomic mass is 9.93. The Morgan fingerprint density at radius 1 is 0.575 bits per heavy atom. The van der Waals surface area contributed by atoms with Crippen LogP contribution in [0.3, 0.4) is 0 Å². The number of carbonyl (C=O) groups is 3. The maximum Gasteiger partial charge on any atom is 0.339 e. The Morgan fingerprint density at radius 3 is 1.88 bits per heavy atom. The quantitative estimate of drug-likeness (QED) is 0.0327. The number of benzene rings is 7. The largest absolute Gasteiger partial charge is 0.508 e. The molecular formula is C52H46N6O13S2. The number of hydrogen-bond acceptors (Lipinski definition) is 12. The van der Waals surface area contributed by atoms with E-state index in [0.29, 0.717) is 44.8 Å². The number of aromatic carboxylic acids is 1. The molecule has 0 atom stereocenters. The summed E-state index contributed by atoms with van der Waals surface area (Å²) in [5.41, 5.74) is 5.44. The molecule has 10 N–H and O–H groups in total. The van der Waals surface area contributed by atoms with Crippen molar-refractivity contribution in [2.24, 2.45) is 4.99 Å². The van der Waals surface area contributed by atoms with E-state index in [-0.39, 0.29) is 66.7 Å². The van der Waals surface area contributed by atoms with Crippen LogP contribution in [0.4, 0.5) is 49.4 Å². The van der Waals surface area contributed by atoms with Crippen molar-refractivity contribution in [1.82, 2.24) is 0 Å². The average molecular weight is 1030 g/mol. The third kappa shape index (κ3) is 10.4. The van der Waals surface area contributed by atoms with Gasteiger partial charge in [0.1, 0.15) is 38.2 Å². The first-order valence-electron chi connectivity index (χ1n) is 22.0.